The van der Waals surface area contributed by atoms with E-state index >= 15 is 0 Å². The van der Waals surface area contributed by atoms with E-state index in [4.69, 9.17) is 21.3 Å². The van der Waals surface area contributed by atoms with Crippen LogP contribution in [0.25, 0.3) is 11.1 Å². The molecule has 0 heterocycles. The SMILES string of the molecule is O=C(O)C(c1ccc(-c2ccccc2Cl)cc1)S(=O)(=O)O. The van der Waals surface area contributed by atoms with Crippen molar-refractivity contribution >= 4 is 27.7 Å². The summed E-state index contributed by atoms with van der Waals surface area (Å²) in [7, 11) is -4.73. The third-order valence-electron chi connectivity index (χ3n) is 2.92. The van der Waals surface area contributed by atoms with Crippen molar-refractivity contribution in [1.82, 2.24) is 0 Å². The van der Waals surface area contributed by atoms with Crippen LogP contribution >= 0.6 is 11.6 Å². The predicted molar refractivity (Wildman–Crippen MR) is 78.8 cm³/mol. The second-order valence-corrected chi connectivity index (χ2v) is 6.24. The first-order chi connectivity index (χ1) is 9.80. The molecule has 2 N–H and O–H groups in total. The third kappa shape index (κ3) is 3.41. The van der Waals surface area contributed by atoms with Gasteiger partial charge in [0.05, 0.1) is 0 Å². The van der Waals surface area contributed by atoms with Gasteiger partial charge in [-0.25, -0.2) is 0 Å². The zero-order valence-corrected chi connectivity index (χ0v) is 12.2. The molecule has 2 aromatic carbocycles. The summed E-state index contributed by atoms with van der Waals surface area (Å²) in [6, 6.07) is 12.9. The van der Waals surface area contributed by atoms with E-state index in [1.807, 2.05) is 0 Å². The second kappa shape index (κ2) is 5.85. The van der Waals surface area contributed by atoms with Gasteiger partial charge in [0.2, 0.25) is 5.25 Å². The molecule has 0 fully saturated rings. The minimum absolute atomic E-state index is 0.0270. The van der Waals surface area contributed by atoms with E-state index in [2.05, 4.69) is 0 Å². The van der Waals surface area contributed by atoms with Crippen LogP contribution < -0.4 is 0 Å². The van der Waals surface area contributed by atoms with Gasteiger partial charge in [-0.1, -0.05) is 54.1 Å². The van der Waals surface area contributed by atoms with Gasteiger partial charge in [0, 0.05) is 10.6 Å². The monoisotopic (exact) mass is 326 g/mol. The number of carboxylic acid groups (broad SMARTS) is 1. The number of aliphatic carboxylic acids is 1. The van der Waals surface area contributed by atoms with Crippen LogP contribution in [0.15, 0.2) is 48.5 Å². The molecule has 0 amide bonds. The van der Waals surface area contributed by atoms with Gasteiger partial charge < -0.3 is 5.11 Å². The molecule has 7 heteroatoms. The van der Waals surface area contributed by atoms with Crippen LogP contribution in [0.4, 0.5) is 0 Å². The summed E-state index contributed by atoms with van der Waals surface area (Å²) in [5, 5.41) is 7.45. The van der Waals surface area contributed by atoms with Crippen molar-refractivity contribution < 1.29 is 22.9 Å². The van der Waals surface area contributed by atoms with Crippen molar-refractivity contribution in [3.63, 3.8) is 0 Å². The Morgan fingerprint density at radius 2 is 1.62 bits per heavy atom. The van der Waals surface area contributed by atoms with E-state index in [0.717, 1.165) is 5.56 Å². The van der Waals surface area contributed by atoms with E-state index in [0.29, 0.717) is 10.6 Å². The van der Waals surface area contributed by atoms with Crippen LogP contribution in [0.3, 0.4) is 0 Å². The number of halogens is 1. The number of benzene rings is 2. The van der Waals surface area contributed by atoms with Crippen LogP contribution in [0.1, 0.15) is 10.8 Å². The fourth-order valence-electron chi connectivity index (χ4n) is 1.97. The summed E-state index contributed by atoms with van der Waals surface area (Å²) in [5.74, 6) is -1.64. The molecule has 0 aliphatic rings. The summed E-state index contributed by atoms with van der Waals surface area (Å²) in [6.07, 6.45) is 0. The summed E-state index contributed by atoms with van der Waals surface area (Å²) in [5.41, 5.74) is 1.43. The highest BCUT2D eigenvalue weighted by Gasteiger charge is 2.32. The Morgan fingerprint density at radius 1 is 1.05 bits per heavy atom. The molecule has 0 spiro atoms. The fourth-order valence-corrected chi connectivity index (χ4v) is 2.98. The van der Waals surface area contributed by atoms with Crippen molar-refractivity contribution in [3.05, 3.63) is 59.1 Å². The zero-order valence-electron chi connectivity index (χ0n) is 10.6. The quantitative estimate of drug-likeness (QED) is 0.843. The van der Waals surface area contributed by atoms with Gasteiger partial charge in [-0.2, -0.15) is 8.42 Å². The van der Waals surface area contributed by atoms with Gasteiger partial charge in [-0.05, 0) is 17.2 Å². The zero-order chi connectivity index (χ0) is 15.6. The normalized spacial score (nSPS) is 12.9. The minimum Gasteiger partial charge on any atom is -0.480 e. The lowest BCUT2D eigenvalue weighted by Gasteiger charge is -2.11. The molecule has 1 unspecified atom stereocenters. The molecule has 0 saturated carbocycles. The Balaban J connectivity index is 2.44. The van der Waals surface area contributed by atoms with Crippen molar-refractivity contribution in [1.29, 1.82) is 0 Å². The van der Waals surface area contributed by atoms with Crippen LogP contribution in [0.2, 0.25) is 5.02 Å². The topological polar surface area (TPSA) is 91.7 Å². The second-order valence-electron chi connectivity index (χ2n) is 4.34. The van der Waals surface area contributed by atoms with Crippen molar-refractivity contribution in [3.8, 4) is 11.1 Å². The summed E-state index contributed by atoms with van der Waals surface area (Å²) in [4.78, 5) is 11.0. The molecule has 0 aliphatic heterocycles. The Morgan fingerprint density at radius 3 is 2.10 bits per heavy atom. The molecule has 2 rings (SSSR count). The number of carbonyl (C=O) groups is 1. The Kier molecular flexibility index (Phi) is 4.32. The van der Waals surface area contributed by atoms with Crippen LogP contribution in [-0.2, 0) is 14.9 Å². The maximum atomic E-state index is 11.1. The van der Waals surface area contributed by atoms with Gasteiger partial charge >= 0.3 is 5.97 Å². The Labute approximate surface area is 126 Å². The summed E-state index contributed by atoms with van der Waals surface area (Å²) >= 11 is 6.05. The highest BCUT2D eigenvalue weighted by molar-refractivity contribution is 7.86. The predicted octanol–water partition coefficient (Wildman–Crippen LogP) is 3.02. The van der Waals surface area contributed by atoms with E-state index in [9.17, 15) is 13.2 Å². The molecular formula is C14H11ClO5S. The van der Waals surface area contributed by atoms with Gasteiger partial charge in [0.25, 0.3) is 10.1 Å². The van der Waals surface area contributed by atoms with Crippen molar-refractivity contribution in [2.24, 2.45) is 0 Å². The van der Waals surface area contributed by atoms with Crippen molar-refractivity contribution in [2.75, 3.05) is 0 Å². The molecule has 0 aliphatic carbocycles. The first kappa shape index (κ1) is 15.5. The lowest BCUT2D eigenvalue weighted by Crippen LogP contribution is -2.21. The summed E-state index contributed by atoms with van der Waals surface area (Å²) < 4.78 is 31.3. The maximum Gasteiger partial charge on any atom is 0.329 e. The molecule has 0 saturated heterocycles. The van der Waals surface area contributed by atoms with E-state index in [1.165, 1.54) is 12.1 Å². The largest absolute Gasteiger partial charge is 0.480 e. The summed E-state index contributed by atoms with van der Waals surface area (Å²) in [6.45, 7) is 0. The van der Waals surface area contributed by atoms with E-state index in [1.54, 1.807) is 36.4 Å². The number of hydrogen-bond acceptors (Lipinski definition) is 3. The Bertz CT molecular complexity index is 768. The molecule has 5 nitrogen and oxygen atoms in total. The lowest BCUT2D eigenvalue weighted by molar-refractivity contribution is -0.136. The average molecular weight is 327 g/mol. The molecule has 0 aromatic heterocycles. The smallest absolute Gasteiger partial charge is 0.329 e. The number of rotatable bonds is 4. The van der Waals surface area contributed by atoms with Gasteiger partial charge in [0.1, 0.15) is 0 Å². The number of carboxylic acids is 1. The Hall–Kier alpha value is -1.89. The third-order valence-corrected chi connectivity index (χ3v) is 4.32. The average Bonchev–Trinajstić information content (AvgIpc) is 2.38. The van der Waals surface area contributed by atoms with Gasteiger partial charge in [-0.3, -0.25) is 9.35 Å². The standard InChI is InChI=1S/C14H11ClO5S/c15-12-4-2-1-3-11(12)9-5-7-10(8-6-9)13(14(16)17)21(18,19)20/h1-8,13H,(H,16,17)(H,18,19,20). The van der Waals surface area contributed by atoms with Crippen LogP contribution in [-0.4, -0.2) is 24.0 Å². The van der Waals surface area contributed by atoms with E-state index < -0.39 is 21.3 Å². The first-order valence-electron chi connectivity index (χ1n) is 5.84. The molecule has 0 radical (unpaired) electrons. The molecule has 2 aromatic rings. The highest BCUT2D eigenvalue weighted by Crippen LogP contribution is 2.29. The van der Waals surface area contributed by atoms with Gasteiger partial charge in [-0.15, -0.1) is 0 Å². The molecule has 21 heavy (non-hydrogen) atoms. The molecule has 1 atom stereocenters. The first-order valence-corrected chi connectivity index (χ1v) is 7.73. The highest BCUT2D eigenvalue weighted by atomic mass is 35.5. The number of hydrogen-bond donors (Lipinski definition) is 2. The van der Waals surface area contributed by atoms with Gasteiger partial charge in [0.15, 0.2) is 0 Å². The molecule has 110 valence electrons. The maximum absolute atomic E-state index is 11.1. The van der Waals surface area contributed by atoms with Crippen LogP contribution in [0, 0.1) is 0 Å². The fraction of sp³-hybridized carbons (Fsp3) is 0.0714. The van der Waals surface area contributed by atoms with E-state index in [-0.39, 0.29) is 5.56 Å². The molecule has 0 bridgehead atoms. The van der Waals surface area contributed by atoms with Crippen LogP contribution in [0.5, 0.6) is 0 Å². The lowest BCUT2D eigenvalue weighted by atomic mass is 10.0. The minimum atomic E-state index is -4.73. The molecular weight excluding hydrogens is 316 g/mol. The van der Waals surface area contributed by atoms with Crippen molar-refractivity contribution in [2.45, 2.75) is 5.25 Å².